The van der Waals surface area contributed by atoms with E-state index in [4.69, 9.17) is 16.7 Å². The van der Waals surface area contributed by atoms with E-state index in [2.05, 4.69) is 10.2 Å². The molecule has 9 heavy (non-hydrogen) atoms. The molecule has 1 N–H and O–H groups in total. The maximum Gasteiger partial charge on any atom is 0.129 e. The summed E-state index contributed by atoms with van der Waals surface area (Å²) in [7, 11) is 0. The molecule has 0 aromatic heterocycles. The van der Waals surface area contributed by atoms with E-state index >= 15 is 0 Å². The average Bonchev–Trinajstić information content (AvgIpc) is 1.90. The topological polar surface area (TPSA) is 45.0 Å². The van der Waals surface area contributed by atoms with Gasteiger partial charge in [-0.05, 0) is 6.42 Å². The van der Waals surface area contributed by atoms with Gasteiger partial charge < -0.3 is 5.11 Å². The van der Waals surface area contributed by atoms with Crippen LogP contribution in [-0.2, 0) is 0 Å². The summed E-state index contributed by atoms with van der Waals surface area (Å²) in [5, 5.41) is 16.3. The van der Waals surface area contributed by atoms with Crippen LogP contribution in [0.1, 0.15) is 12.8 Å². The van der Waals surface area contributed by atoms with Crippen molar-refractivity contribution in [3.63, 3.8) is 0 Å². The zero-order chi connectivity index (χ0) is 6.69. The first kappa shape index (κ1) is 6.71. The highest BCUT2D eigenvalue weighted by Gasteiger charge is 2.05. The van der Waals surface area contributed by atoms with Gasteiger partial charge in [-0.25, -0.2) is 0 Å². The van der Waals surface area contributed by atoms with Crippen LogP contribution < -0.4 is 0 Å². The van der Waals surface area contributed by atoms with Gasteiger partial charge in [0.2, 0.25) is 0 Å². The molecule has 0 saturated heterocycles. The molecule has 0 aliphatic carbocycles. The molecule has 0 atom stereocenters. The Kier molecular flexibility index (Phi) is 2.19. The van der Waals surface area contributed by atoms with Crippen molar-refractivity contribution < 1.29 is 5.11 Å². The Morgan fingerprint density at radius 2 is 2.22 bits per heavy atom. The molecule has 0 bridgehead atoms. The molecular formula is C5H7ClN2O. The molecule has 1 aliphatic heterocycles. The van der Waals surface area contributed by atoms with E-state index in [-0.39, 0.29) is 6.61 Å². The smallest absolute Gasteiger partial charge is 0.129 e. The Bertz CT molecular complexity index is 164. The van der Waals surface area contributed by atoms with E-state index in [1.54, 1.807) is 0 Å². The van der Waals surface area contributed by atoms with Crippen LogP contribution in [0.3, 0.4) is 0 Å². The summed E-state index contributed by atoms with van der Waals surface area (Å²) >= 11 is 5.50. The first-order valence-electron chi connectivity index (χ1n) is 2.71. The molecule has 0 saturated carbocycles. The minimum absolute atomic E-state index is 0.00628. The van der Waals surface area contributed by atoms with Crippen molar-refractivity contribution >= 4 is 22.5 Å². The van der Waals surface area contributed by atoms with Crippen molar-refractivity contribution in [3.8, 4) is 0 Å². The highest BCUT2D eigenvalue weighted by Crippen LogP contribution is 2.06. The molecule has 4 heteroatoms. The highest BCUT2D eigenvalue weighted by atomic mass is 35.5. The van der Waals surface area contributed by atoms with Gasteiger partial charge in [-0.15, -0.1) is 5.10 Å². The van der Waals surface area contributed by atoms with Crippen molar-refractivity contribution in [3.05, 3.63) is 0 Å². The molecule has 0 unspecified atom stereocenters. The van der Waals surface area contributed by atoms with Gasteiger partial charge in [-0.3, -0.25) is 0 Å². The van der Waals surface area contributed by atoms with Crippen LogP contribution in [0.5, 0.6) is 0 Å². The number of rotatable bonds is 1. The molecule has 0 aromatic rings. The van der Waals surface area contributed by atoms with Crippen LogP contribution in [0.4, 0.5) is 0 Å². The van der Waals surface area contributed by atoms with Gasteiger partial charge in [0.05, 0.1) is 12.3 Å². The summed E-state index contributed by atoms with van der Waals surface area (Å²) in [6.45, 7) is -0.00628. The van der Waals surface area contributed by atoms with Gasteiger partial charge in [0.25, 0.3) is 0 Å². The molecule has 1 heterocycles. The number of aliphatic hydroxyl groups is 1. The van der Waals surface area contributed by atoms with Crippen LogP contribution in [0, 0.1) is 0 Å². The predicted molar refractivity (Wildman–Crippen MR) is 37.0 cm³/mol. The number of aliphatic hydroxyl groups excluding tert-OH is 1. The van der Waals surface area contributed by atoms with Gasteiger partial charge in [0, 0.05) is 6.42 Å². The minimum Gasteiger partial charge on any atom is -0.390 e. The average molecular weight is 147 g/mol. The normalized spacial score (nSPS) is 18.9. The van der Waals surface area contributed by atoms with Gasteiger partial charge in [-0.1, -0.05) is 11.6 Å². The third-order valence-electron chi connectivity index (χ3n) is 1.10. The second-order valence-corrected chi connectivity index (χ2v) is 2.24. The minimum atomic E-state index is -0.00628. The van der Waals surface area contributed by atoms with E-state index in [1.165, 1.54) is 0 Å². The Labute approximate surface area is 58.1 Å². The standard InChI is InChI=1S/C5H7ClN2O/c6-5-2-1-4(3-9)7-8-5/h9H,1-3H2. The fourth-order valence-corrected chi connectivity index (χ4v) is 0.715. The van der Waals surface area contributed by atoms with Gasteiger partial charge >= 0.3 is 0 Å². The molecule has 0 fully saturated rings. The van der Waals surface area contributed by atoms with Crippen molar-refractivity contribution in [1.29, 1.82) is 0 Å². The molecular weight excluding hydrogens is 140 g/mol. The lowest BCUT2D eigenvalue weighted by molar-refractivity contribution is 0.354. The molecule has 50 valence electrons. The van der Waals surface area contributed by atoms with Gasteiger partial charge in [0.1, 0.15) is 5.17 Å². The van der Waals surface area contributed by atoms with Crippen LogP contribution in [0.2, 0.25) is 0 Å². The molecule has 1 rings (SSSR count). The predicted octanol–water partition coefficient (Wildman–Crippen LogP) is 0.766. The summed E-state index contributed by atoms with van der Waals surface area (Å²) < 4.78 is 0. The largest absolute Gasteiger partial charge is 0.390 e. The summed E-state index contributed by atoms with van der Waals surface area (Å²) in [6.07, 6.45) is 1.44. The van der Waals surface area contributed by atoms with Crippen LogP contribution in [-0.4, -0.2) is 22.6 Å². The Hall–Kier alpha value is -0.410. The van der Waals surface area contributed by atoms with E-state index in [1.807, 2.05) is 0 Å². The van der Waals surface area contributed by atoms with Crippen LogP contribution in [0.15, 0.2) is 10.2 Å². The van der Waals surface area contributed by atoms with Crippen molar-refractivity contribution in [2.75, 3.05) is 6.61 Å². The summed E-state index contributed by atoms with van der Waals surface area (Å²) in [6, 6.07) is 0. The zero-order valence-corrected chi connectivity index (χ0v) is 5.60. The lowest BCUT2D eigenvalue weighted by Gasteiger charge is -2.03. The van der Waals surface area contributed by atoms with Crippen LogP contribution in [0.25, 0.3) is 0 Å². The second-order valence-electron chi connectivity index (χ2n) is 1.80. The summed E-state index contributed by atoms with van der Waals surface area (Å²) in [5.74, 6) is 0. The van der Waals surface area contributed by atoms with E-state index < -0.39 is 0 Å². The molecule has 0 radical (unpaired) electrons. The Morgan fingerprint density at radius 3 is 2.67 bits per heavy atom. The Balaban J connectivity index is 2.59. The fourth-order valence-electron chi connectivity index (χ4n) is 0.583. The van der Waals surface area contributed by atoms with Crippen molar-refractivity contribution in [1.82, 2.24) is 0 Å². The number of nitrogens with zero attached hydrogens (tertiary/aromatic N) is 2. The fraction of sp³-hybridized carbons (Fsp3) is 0.600. The maximum absolute atomic E-state index is 8.53. The highest BCUT2D eigenvalue weighted by molar-refractivity contribution is 6.65. The maximum atomic E-state index is 8.53. The summed E-state index contributed by atoms with van der Waals surface area (Å²) in [5.41, 5.74) is 0.708. The first-order chi connectivity index (χ1) is 4.33. The number of hydrogen-bond acceptors (Lipinski definition) is 3. The van der Waals surface area contributed by atoms with Gasteiger partial charge in [0.15, 0.2) is 0 Å². The van der Waals surface area contributed by atoms with E-state index in [0.29, 0.717) is 17.3 Å². The Morgan fingerprint density at radius 1 is 1.44 bits per heavy atom. The zero-order valence-electron chi connectivity index (χ0n) is 4.84. The third kappa shape index (κ3) is 1.77. The van der Waals surface area contributed by atoms with Crippen molar-refractivity contribution in [2.24, 2.45) is 10.2 Å². The quantitative estimate of drug-likeness (QED) is 0.584. The van der Waals surface area contributed by atoms with Crippen molar-refractivity contribution in [2.45, 2.75) is 12.8 Å². The number of hydrogen-bond donors (Lipinski definition) is 1. The van der Waals surface area contributed by atoms with E-state index in [9.17, 15) is 0 Å². The van der Waals surface area contributed by atoms with Gasteiger partial charge in [-0.2, -0.15) is 5.10 Å². The third-order valence-corrected chi connectivity index (χ3v) is 1.37. The number of halogens is 1. The molecule has 1 aliphatic rings. The van der Waals surface area contributed by atoms with Crippen LogP contribution >= 0.6 is 11.6 Å². The summed E-state index contributed by atoms with van der Waals surface area (Å²) in [4.78, 5) is 0. The SMILES string of the molecule is OCC1=NN=C(Cl)CC1. The lowest BCUT2D eigenvalue weighted by atomic mass is 10.2. The van der Waals surface area contributed by atoms with E-state index in [0.717, 1.165) is 6.42 Å². The lowest BCUT2D eigenvalue weighted by Crippen LogP contribution is -2.09. The first-order valence-corrected chi connectivity index (χ1v) is 3.09. The second kappa shape index (κ2) is 2.94. The molecule has 3 nitrogen and oxygen atoms in total. The molecule has 0 spiro atoms. The monoisotopic (exact) mass is 146 g/mol. The molecule has 0 aromatic carbocycles. The molecule has 0 amide bonds.